The van der Waals surface area contributed by atoms with E-state index in [1.807, 2.05) is 11.6 Å². The fraction of sp³-hybridized carbons (Fsp3) is 0.111. The van der Waals surface area contributed by atoms with Crippen LogP contribution in [0.15, 0.2) is 23.1 Å². The number of benzene rings is 1. The van der Waals surface area contributed by atoms with Crippen LogP contribution in [0.5, 0.6) is 0 Å². The second-order valence-electron chi connectivity index (χ2n) is 2.66. The Kier molecular flexibility index (Phi) is 3.99. The lowest BCUT2D eigenvalue weighted by Gasteiger charge is -2.05. The lowest BCUT2D eigenvalue weighted by Crippen LogP contribution is -2.35. The molecular formula is C9H9ClN2O2S. The van der Waals surface area contributed by atoms with E-state index in [9.17, 15) is 9.59 Å². The molecule has 4 nitrogen and oxygen atoms in total. The lowest BCUT2D eigenvalue weighted by atomic mass is 10.2. The van der Waals surface area contributed by atoms with Crippen LogP contribution in [-0.2, 0) is 0 Å². The van der Waals surface area contributed by atoms with Gasteiger partial charge in [0.2, 0.25) is 0 Å². The fourth-order valence-corrected chi connectivity index (χ4v) is 1.63. The number of hydrogen-bond donors (Lipinski definition) is 2. The Morgan fingerprint density at radius 3 is 2.67 bits per heavy atom. The average molecular weight is 245 g/mol. The smallest absolute Gasteiger partial charge is 0.319 e. The third-order valence-electron chi connectivity index (χ3n) is 1.65. The first-order valence-electron chi connectivity index (χ1n) is 3.99. The molecule has 0 bridgehead atoms. The topological polar surface area (TPSA) is 72.2 Å². The first-order valence-corrected chi connectivity index (χ1v) is 5.59. The maximum atomic E-state index is 11.4. The van der Waals surface area contributed by atoms with Crippen molar-refractivity contribution in [1.82, 2.24) is 5.32 Å². The summed E-state index contributed by atoms with van der Waals surface area (Å²) in [5.74, 6) is -0.594. The number of rotatable bonds is 2. The molecule has 0 aliphatic carbocycles. The Morgan fingerprint density at radius 2 is 2.13 bits per heavy atom. The number of primary amides is 1. The number of hydrogen-bond acceptors (Lipinski definition) is 3. The van der Waals surface area contributed by atoms with Crippen LogP contribution >= 0.6 is 23.4 Å². The predicted octanol–water partition coefficient (Wildman–Crippen LogP) is 1.87. The van der Waals surface area contributed by atoms with E-state index in [-0.39, 0.29) is 10.6 Å². The Labute approximate surface area is 96.2 Å². The van der Waals surface area contributed by atoms with Gasteiger partial charge in [-0.1, -0.05) is 11.6 Å². The summed E-state index contributed by atoms with van der Waals surface area (Å²) in [5, 5.41) is 2.24. The van der Waals surface area contributed by atoms with Gasteiger partial charge in [-0.15, -0.1) is 11.8 Å². The molecule has 0 atom stereocenters. The Bertz CT molecular complexity index is 409. The van der Waals surface area contributed by atoms with E-state index in [1.165, 1.54) is 11.8 Å². The molecule has 1 rings (SSSR count). The predicted molar refractivity (Wildman–Crippen MR) is 60.3 cm³/mol. The third kappa shape index (κ3) is 3.14. The maximum Gasteiger partial charge on any atom is 0.319 e. The van der Waals surface area contributed by atoms with Crippen LogP contribution < -0.4 is 11.1 Å². The number of carbonyl (C=O) groups excluding carboxylic acids is 2. The zero-order chi connectivity index (χ0) is 11.4. The molecule has 0 aromatic heterocycles. The summed E-state index contributed by atoms with van der Waals surface area (Å²) in [7, 11) is 0. The Morgan fingerprint density at radius 1 is 1.47 bits per heavy atom. The first kappa shape index (κ1) is 11.9. The minimum Gasteiger partial charge on any atom is -0.351 e. The molecule has 0 spiro atoms. The molecule has 80 valence electrons. The van der Waals surface area contributed by atoms with Gasteiger partial charge in [0.05, 0.1) is 10.6 Å². The molecule has 1 aromatic rings. The highest BCUT2D eigenvalue weighted by Gasteiger charge is 2.12. The van der Waals surface area contributed by atoms with Crippen LogP contribution in [0.25, 0.3) is 0 Å². The van der Waals surface area contributed by atoms with Gasteiger partial charge in [-0.25, -0.2) is 4.79 Å². The quantitative estimate of drug-likeness (QED) is 0.780. The molecule has 0 saturated heterocycles. The van der Waals surface area contributed by atoms with Crippen molar-refractivity contribution in [3.05, 3.63) is 28.8 Å². The summed E-state index contributed by atoms with van der Waals surface area (Å²) in [6, 6.07) is 4.09. The monoisotopic (exact) mass is 244 g/mol. The average Bonchev–Trinajstić information content (AvgIpc) is 2.17. The van der Waals surface area contributed by atoms with Crippen molar-refractivity contribution in [3.8, 4) is 0 Å². The summed E-state index contributed by atoms with van der Waals surface area (Å²) in [6.45, 7) is 0. The van der Waals surface area contributed by atoms with Crippen molar-refractivity contribution in [2.45, 2.75) is 4.90 Å². The number of halogens is 1. The second kappa shape index (κ2) is 5.04. The number of nitrogens with one attached hydrogen (secondary N) is 1. The van der Waals surface area contributed by atoms with E-state index in [1.54, 1.807) is 18.2 Å². The van der Waals surface area contributed by atoms with Crippen LogP contribution in [0, 0.1) is 0 Å². The fourth-order valence-electron chi connectivity index (χ4n) is 0.985. The van der Waals surface area contributed by atoms with Crippen LogP contribution in [0.4, 0.5) is 4.79 Å². The summed E-state index contributed by atoms with van der Waals surface area (Å²) < 4.78 is 0. The van der Waals surface area contributed by atoms with Crippen molar-refractivity contribution >= 4 is 35.3 Å². The van der Waals surface area contributed by atoms with E-state index in [0.717, 1.165) is 4.90 Å². The highest BCUT2D eigenvalue weighted by molar-refractivity contribution is 7.98. The van der Waals surface area contributed by atoms with Gasteiger partial charge in [0.15, 0.2) is 0 Å². The molecule has 6 heteroatoms. The normalized spacial score (nSPS) is 9.73. The van der Waals surface area contributed by atoms with Crippen molar-refractivity contribution < 1.29 is 9.59 Å². The Hall–Kier alpha value is -1.20. The van der Waals surface area contributed by atoms with Gasteiger partial charge in [0.1, 0.15) is 0 Å². The minimum atomic E-state index is -0.898. The summed E-state index contributed by atoms with van der Waals surface area (Å²) in [5.41, 5.74) is 5.07. The van der Waals surface area contributed by atoms with E-state index >= 15 is 0 Å². The van der Waals surface area contributed by atoms with Gasteiger partial charge in [-0.2, -0.15) is 0 Å². The molecule has 15 heavy (non-hydrogen) atoms. The summed E-state index contributed by atoms with van der Waals surface area (Å²) >= 11 is 7.28. The third-order valence-corrected chi connectivity index (χ3v) is 2.71. The van der Waals surface area contributed by atoms with Gasteiger partial charge in [-0.3, -0.25) is 10.1 Å². The molecule has 0 radical (unpaired) electrons. The van der Waals surface area contributed by atoms with E-state index in [4.69, 9.17) is 17.3 Å². The maximum absolute atomic E-state index is 11.4. The molecule has 0 heterocycles. The molecule has 1 aromatic carbocycles. The largest absolute Gasteiger partial charge is 0.351 e. The van der Waals surface area contributed by atoms with Gasteiger partial charge >= 0.3 is 6.03 Å². The number of nitrogens with two attached hydrogens (primary N) is 1. The van der Waals surface area contributed by atoms with Crippen LogP contribution in [-0.4, -0.2) is 18.2 Å². The highest BCUT2D eigenvalue weighted by Crippen LogP contribution is 2.22. The van der Waals surface area contributed by atoms with Crippen molar-refractivity contribution in [2.24, 2.45) is 5.73 Å². The molecule has 0 fully saturated rings. The van der Waals surface area contributed by atoms with E-state index in [2.05, 4.69) is 0 Å². The van der Waals surface area contributed by atoms with Crippen molar-refractivity contribution in [2.75, 3.05) is 6.26 Å². The zero-order valence-corrected chi connectivity index (χ0v) is 9.48. The number of imide groups is 1. The number of amides is 3. The van der Waals surface area contributed by atoms with Gasteiger partial charge in [0, 0.05) is 4.90 Å². The number of thioether (sulfide) groups is 1. The molecule has 3 N–H and O–H groups in total. The standard InChI is InChI=1S/C9H9ClN2O2S/c1-15-5-2-3-7(10)6(4-5)8(13)12-9(11)14/h2-4H,1H3,(H3,11,12,13,14). The van der Waals surface area contributed by atoms with Crippen molar-refractivity contribution in [3.63, 3.8) is 0 Å². The van der Waals surface area contributed by atoms with Crippen LogP contribution in [0.1, 0.15) is 10.4 Å². The SMILES string of the molecule is CSc1ccc(Cl)c(C(=O)NC(N)=O)c1. The Balaban J connectivity index is 3.01. The van der Waals surface area contributed by atoms with E-state index in [0.29, 0.717) is 0 Å². The van der Waals surface area contributed by atoms with Gasteiger partial charge < -0.3 is 5.73 Å². The molecule has 0 unspecified atom stereocenters. The van der Waals surface area contributed by atoms with Gasteiger partial charge in [-0.05, 0) is 24.5 Å². The minimum absolute atomic E-state index is 0.238. The van der Waals surface area contributed by atoms with Gasteiger partial charge in [0.25, 0.3) is 5.91 Å². The molecule has 3 amide bonds. The first-order chi connectivity index (χ1) is 7.04. The number of urea groups is 1. The molecule has 0 saturated carbocycles. The second-order valence-corrected chi connectivity index (χ2v) is 3.95. The molecular weight excluding hydrogens is 236 g/mol. The highest BCUT2D eigenvalue weighted by atomic mass is 35.5. The lowest BCUT2D eigenvalue weighted by molar-refractivity contribution is 0.0966. The van der Waals surface area contributed by atoms with Crippen LogP contribution in [0.2, 0.25) is 5.02 Å². The zero-order valence-electron chi connectivity index (χ0n) is 7.91. The summed E-state index contributed by atoms with van der Waals surface area (Å²) in [6.07, 6.45) is 1.87. The summed E-state index contributed by atoms with van der Waals surface area (Å²) in [4.78, 5) is 22.8. The van der Waals surface area contributed by atoms with E-state index < -0.39 is 11.9 Å². The van der Waals surface area contributed by atoms with Crippen LogP contribution in [0.3, 0.4) is 0 Å². The van der Waals surface area contributed by atoms with Crippen molar-refractivity contribution in [1.29, 1.82) is 0 Å². The number of carbonyl (C=O) groups is 2. The molecule has 0 aliphatic heterocycles. The molecule has 0 aliphatic rings.